The lowest BCUT2D eigenvalue weighted by Crippen LogP contribution is -2.49. The Kier molecular flexibility index (Phi) is 5.42. The van der Waals surface area contributed by atoms with E-state index in [0.717, 1.165) is 33.1 Å². The van der Waals surface area contributed by atoms with Gasteiger partial charge in [-0.25, -0.2) is 0 Å². The van der Waals surface area contributed by atoms with E-state index in [2.05, 4.69) is 88.4 Å². The Balaban J connectivity index is 1.35. The minimum Gasteiger partial charge on any atom is -0.454 e. The van der Waals surface area contributed by atoms with Crippen LogP contribution in [-0.2, 0) is 4.65 Å². The first-order valence-electron chi connectivity index (χ1n) is 14.2. The largest absolute Gasteiger partial charge is 0.454 e. The first-order valence-corrected chi connectivity index (χ1v) is 15.0. The molecule has 0 radical (unpaired) electrons. The van der Waals surface area contributed by atoms with Crippen LogP contribution in [0.5, 0.6) is 0 Å². The molecule has 4 heterocycles. The van der Waals surface area contributed by atoms with Gasteiger partial charge in [0.2, 0.25) is 0 Å². The van der Waals surface area contributed by atoms with Gasteiger partial charge >= 0.3 is 7.48 Å². The zero-order valence-corrected chi connectivity index (χ0v) is 24.8. The van der Waals surface area contributed by atoms with Crippen molar-refractivity contribution in [3.05, 3.63) is 91.3 Å². The van der Waals surface area contributed by atoms with Gasteiger partial charge in [-0.1, -0.05) is 36.4 Å². The number of furan rings is 1. The van der Waals surface area contributed by atoms with Gasteiger partial charge in [-0.05, 0) is 75.6 Å². The predicted molar refractivity (Wildman–Crippen MR) is 177 cm³/mol. The van der Waals surface area contributed by atoms with Gasteiger partial charge < -0.3 is 18.7 Å². The third kappa shape index (κ3) is 3.74. The number of aromatic nitrogens is 2. The highest BCUT2D eigenvalue weighted by Crippen LogP contribution is 2.41. The van der Waals surface area contributed by atoms with E-state index in [-0.39, 0.29) is 0 Å². The number of aliphatic hydroxyl groups is 1. The molecule has 0 aliphatic heterocycles. The molecule has 0 saturated carbocycles. The second-order valence-electron chi connectivity index (χ2n) is 12.1. The van der Waals surface area contributed by atoms with Gasteiger partial charge in [0.25, 0.3) is 0 Å². The fourth-order valence-electron chi connectivity index (χ4n) is 5.94. The minimum atomic E-state index is -1.00. The van der Waals surface area contributed by atoms with Gasteiger partial charge in [0.1, 0.15) is 5.58 Å². The fourth-order valence-corrected chi connectivity index (χ4v) is 7.06. The third-order valence-electron chi connectivity index (χ3n) is 8.93. The third-order valence-corrected chi connectivity index (χ3v) is 10.1. The molecule has 0 spiro atoms. The molecule has 5 nitrogen and oxygen atoms in total. The Hall–Kier alpha value is -4.17. The Morgan fingerprint density at radius 1 is 0.762 bits per heavy atom. The van der Waals surface area contributed by atoms with Gasteiger partial charge in [0, 0.05) is 53.6 Å². The summed E-state index contributed by atoms with van der Waals surface area (Å²) in [4.78, 5) is 4.43. The molecule has 0 fully saturated rings. The number of pyridine rings is 1. The fraction of sp³-hybridized carbons (Fsp3) is 0.171. The van der Waals surface area contributed by atoms with Crippen molar-refractivity contribution in [2.24, 2.45) is 0 Å². The first kappa shape index (κ1) is 25.5. The van der Waals surface area contributed by atoms with Crippen molar-refractivity contribution in [3.8, 4) is 5.69 Å². The normalized spacial score (nSPS) is 13.0. The second kappa shape index (κ2) is 8.92. The molecule has 4 aromatic carbocycles. The lowest BCUT2D eigenvalue weighted by Gasteiger charge is -2.37. The summed E-state index contributed by atoms with van der Waals surface area (Å²) in [6.07, 6.45) is 3.60. The van der Waals surface area contributed by atoms with E-state index in [1.165, 1.54) is 42.0 Å². The maximum Gasteiger partial charge on any atom is 0.311 e. The van der Waals surface area contributed by atoms with Crippen LogP contribution in [0.15, 0.2) is 95.7 Å². The molecular weight excluding hydrogens is 539 g/mol. The Bertz CT molecular complexity index is 2340. The molecule has 0 aliphatic carbocycles. The van der Waals surface area contributed by atoms with Crippen LogP contribution in [0.1, 0.15) is 27.7 Å². The van der Waals surface area contributed by atoms with Crippen molar-refractivity contribution < 1.29 is 14.2 Å². The van der Waals surface area contributed by atoms with Crippen LogP contribution in [0, 0.1) is 0 Å². The topological polar surface area (TPSA) is 60.4 Å². The van der Waals surface area contributed by atoms with Crippen LogP contribution in [0.2, 0.25) is 0 Å². The van der Waals surface area contributed by atoms with Crippen LogP contribution in [0.4, 0.5) is 0 Å². The lowest BCUT2D eigenvalue weighted by atomic mass is 9.81. The molecule has 8 rings (SSSR count). The second-order valence-corrected chi connectivity index (χ2v) is 13.2. The number of fused-ring (bicyclic) bond motifs is 9. The van der Waals surface area contributed by atoms with Gasteiger partial charge in [0.15, 0.2) is 5.58 Å². The molecule has 0 aliphatic rings. The summed E-state index contributed by atoms with van der Waals surface area (Å²) in [5.74, 6) is 0. The van der Waals surface area contributed by atoms with E-state index in [0.29, 0.717) is 7.48 Å². The smallest absolute Gasteiger partial charge is 0.311 e. The summed E-state index contributed by atoms with van der Waals surface area (Å²) in [7, 11) is 0.305. The van der Waals surface area contributed by atoms with Crippen LogP contribution in [-0.4, -0.2) is 33.3 Å². The molecule has 206 valence electrons. The number of rotatable bonds is 5. The molecule has 4 aromatic heterocycles. The number of para-hydroxylation sites is 1. The van der Waals surface area contributed by atoms with Crippen LogP contribution < -0.4 is 5.46 Å². The summed E-state index contributed by atoms with van der Waals surface area (Å²) in [6.45, 7) is 7.34. The van der Waals surface area contributed by atoms with Crippen molar-refractivity contribution >= 4 is 88.2 Å². The standard InChI is InChI=1S/C35H29BN2O3S/c1-34(2,39)35(3,4)41-36-26-18-37-19-30-33(26)25-15-20(13-14-29(25)40-30)38-27-11-7-5-9-21(27)23-16-24-22-10-6-8-12-31(22)42-32(24)17-28(23)38/h5-19,36,39H,1-4H3. The molecule has 8 aromatic rings. The van der Waals surface area contributed by atoms with Crippen molar-refractivity contribution in [3.63, 3.8) is 0 Å². The molecule has 0 amide bonds. The highest BCUT2D eigenvalue weighted by molar-refractivity contribution is 7.25. The van der Waals surface area contributed by atoms with E-state index in [1.54, 1.807) is 20.0 Å². The number of benzene rings is 4. The molecule has 0 saturated heterocycles. The van der Waals surface area contributed by atoms with Crippen molar-refractivity contribution in [2.45, 2.75) is 38.9 Å². The number of hydrogen-bond acceptors (Lipinski definition) is 5. The lowest BCUT2D eigenvalue weighted by molar-refractivity contribution is -0.0893. The molecular formula is C35H29BN2O3S. The molecule has 0 unspecified atom stereocenters. The van der Waals surface area contributed by atoms with Crippen molar-refractivity contribution in [2.75, 3.05) is 0 Å². The van der Waals surface area contributed by atoms with Gasteiger partial charge in [0.05, 0.1) is 28.4 Å². The first-order chi connectivity index (χ1) is 20.2. The predicted octanol–water partition coefficient (Wildman–Crippen LogP) is 7.99. The molecule has 0 atom stereocenters. The molecule has 42 heavy (non-hydrogen) atoms. The van der Waals surface area contributed by atoms with E-state index in [9.17, 15) is 5.11 Å². The number of hydrogen-bond donors (Lipinski definition) is 1. The SMILES string of the molecule is CC(C)(O)C(C)(C)OBc1cncc2oc3ccc(-n4c5ccccc5c5cc6c(cc54)sc4ccccc46)cc3c12. The molecule has 7 heteroatoms. The molecule has 0 bridgehead atoms. The Morgan fingerprint density at radius 3 is 2.38 bits per heavy atom. The maximum atomic E-state index is 10.6. The summed E-state index contributed by atoms with van der Waals surface area (Å²) >= 11 is 1.84. The monoisotopic (exact) mass is 568 g/mol. The molecule has 1 N–H and O–H groups in total. The summed E-state index contributed by atoms with van der Waals surface area (Å²) in [6, 6.07) is 28.4. The minimum absolute atomic E-state index is 0.305. The van der Waals surface area contributed by atoms with E-state index in [1.807, 2.05) is 31.4 Å². The van der Waals surface area contributed by atoms with Crippen LogP contribution in [0.3, 0.4) is 0 Å². The van der Waals surface area contributed by atoms with Crippen molar-refractivity contribution in [1.82, 2.24) is 9.55 Å². The van der Waals surface area contributed by atoms with Crippen LogP contribution >= 0.6 is 11.3 Å². The highest BCUT2D eigenvalue weighted by Gasteiger charge is 2.36. The van der Waals surface area contributed by atoms with Gasteiger partial charge in [-0.3, -0.25) is 4.98 Å². The average molecular weight is 569 g/mol. The van der Waals surface area contributed by atoms with Crippen molar-refractivity contribution in [1.29, 1.82) is 0 Å². The van der Waals surface area contributed by atoms with Gasteiger partial charge in [-0.15, -0.1) is 11.3 Å². The highest BCUT2D eigenvalue weighted by atomic mass is 32.1. The summed E-state index contributed by atoms with van der Waals surface area (Å²) in [5.41, 5.74) is 4.11. The van der Waals surface area contributed by atoms with E-state index in [4.69, 9.17) is 9.07 Å². The zero-order valence-electron chi connectivity index (χ0n) is 23.9. The average Bonchev–Trinajstić information content (AvgIpc) is 3.63. The summed E-state index contributed by atoms with van der Waals surface area (Å²) in [5, 5.41) is 17.7. The number of thiophene rings is 1. The zero-order chi connectivity index (χ0) is 28.8. The maximum absolute atomic E-state index is 10.6. The Labute approximate surface area is 247 Å². The summed E-state index contributed by atoms with van der Waals surface area (Å²) < 4.78 is 17.5. The van der Waals surface area contributed by atoms with Crippen LogP contribution in [0.25, 0.3) is 69.6 Å². The Morgan fingerprint density at radius 2 is 1.55 bits per heavy atom. The van der Waals surface area contributed by atoms with Gasteiger partial charge in [-0.2, -0.15) is 0 Å². The quantitative estimate of drug-likeness (QED) is 0.214. The van der Waals surface area contributed by atoms with E-state index < -0.39 is 11.2 Å². The number of nitrogens with zero attached hydrogens (tertiary/aromatic N) is 2. The van der Waals surface area contributed by atoms with E-state index >= 15 is 0 Å².